The molecule has 0 atom stereocenters. The van der Waals surface area contributed by atoms with Gasteiger partial charge in [0.1, 0.15) is 12.4 Å². The molecule has 1 aromatic rings. The highest BCUT2D eigenvalue weighted by atomic mass is 16.6. The molecule has 15 heavy (non-hydrogen) atoms. The summed E-state index contributed by atoms with van der Waals surface area (Å²) in [4.78, 5) is 11.2. The Balaban J connectivity index is 2.80. The topological polar surface area (TPSA) is 35.5 Å². The highest BCUT2D eigenvalue weighted by Crippen LogP contribution is 2.25. The quantitative estimate of drug-likeness (QED) is 0.563. The number of carbonyl (C=O) groups excluding carboxylic acids is 1. The summed E-state index contributed by atoms with van der Waals surface area (Å²) < 4.78 is 9.88. The molecule has 82 valence electrons. The summed E-state index contributed by atoms with van der Waals surface area (Å²) in [6, 6.07) is 7.53. The van der Waals surface area contributed by atoms with E-state index >= 15 is 0 Å². The van der Waals surface area contributed by atoms with Crippen LogP contribution in [0.2, 0.25) is 0 Å². The third-order valence-corrected chi connectivity index (χ3v) is 2.03. The Morgan fingerprint density at radius 2 is 2.00 bits per heavy atom. The van der Waals surface area contributed by atoms with E-state index in [9.17, 15) is 4.79 Å². The van der Waals surface area contributed by atoms with Gasteiger partial charge in [-0.1, -0.05) is 32.0 Å². The second kappa shape index (κ2) is 5.51. The van der Waals surface area contributed by atoms with E-state index in [0.29, 0.717) is 11.7 Å². The van der Waals surface area contributed by atoms with Crippen LogP contribution in [0.25, 0.3) is 0 Å². The minimum Gasteiger partial charge on any atom is -0.425 e. The zero-order valence-corrected chi connectivity index (χ0v) is 9.32. The van der Waals surface area contributed by atoms with Crippen LogP contribution in [0, 0.1) is 0 Å². The second-order valence-electron chi connectivity index (χ2n) is 3.60. The molecule has 0 radical (unpaired) electrons. The molecule has 0 unspecified atom stereocenters. The number of para-hydroxylation sites is 1. The van der Waals surface area contributed by atoms with Crippen molar-refractivity contribution in [3.05, 3.63) is 29.8 Å². The van der Waals surface area contributed by atoms with Crippen molar-refractivity contribution in [2.45, 2.75) is 19.8 Å². The van der Waals surface area contributed by atoms with Gasteiger partial charge in [0, 0.05) is 7.11 Å². The number of carbonyl (C=O) groups is 1. The zero-order valence-electron chi connectivity index (χ0n) is 9.32. The van der Waals surface area contributed by atoms with Crippen molar-refractivity contribution in [3.63, 3.8) is 0 Å². The van der Waals surface area contributed by atoms with E-state index in [1.807, 2.05) is 18.2 Å². The summed E-state index contributed by atoms with van der Waals surface area (Å²) >= 11 is 0. The maximum atomic E-state index is 11.2. The van der Waals surface area contributed by atoms with Gasteiger partial charge in [0.25, 0.3) is 0 Å². The number of rotatable bonds is 4. The van der Waals surface area contributed by atoms with Crippen LogP contribution >= 0.6 is 0 Å². The Hall–Kier alpha value is -1.35. The fourth-order valence-electron chi connectivity index (χ4n) is 1.32. The first-order chi connectivity index (χ1) is 7.15. The minimum atomic E-state index is -0.370. The maximum Gasteiger partial charge on any atom is 0.337 e. The summed E-state index contributed by atoms with van der Waals surface area (Å²) in [5, 5.41) is 0. The average Bonchev–Trinajstić information content (AvgIpc) is 2.18. The van der Waals surface area contributed by atoms with Crippen LogP contribution in [-0.4, -0.2) is 19.7 Å². The third kappa shape index (κ3) is 3.36. The summed E-state index contributed by atoms with van der Waals surface area (Å²) in [7, 11) is 1.47. The standard InChI is InChI=1S/C12H16O3/c1-9(2)10-6-4-5-7-11(10)15-12(13)8-14-3/h4-7,9H,8H2,1-3H3. The average molecular weight is 208 g/mol. The Morgan fingerprint density at radius 3 is 2.60 bits per heavy atom. The predicted octanol–water partition coefficient (Wildman–Crippen LogP) is 2.36. The molecule has 0 aliphatic rings. The molecule has 0 bridgehead atoms. The number of esters is 1. The first-order valence-electron chi connectivity index (χ1n) is 4.93. The van der Waals surface area contributed by atoms with Crippen molar-refractivity contribution in [1.29, 1.82) is 0 Å². The monoisotopic (exact) mass is 208 g/mol. The lowest BCUT2D eigenvalue weighted by atomic mass is 10.0. The van der Waals surface area contributed by atoms with Crippen LogP contribution in [0.5, 0.6) is 5.75 Å². The highest BCUT2D eigenvalue weighted by molar-refractivity contribution is 5.74. The molecule has 0 heterocycles. The second-order valence-corrected chi connectivity index (χ2v) is 3.60. The van der Waals surface area contributed by atoms with E-state index in [2.05, 4.69) is 13.8 Å². The molecule has 0 aliphatic heterocycles. The zero-order chi connectivity index (χ0) is 11.3. The van der Waals surface area contributed by atoms with Gasteiger partial charge in [-0.05, 0) is 17.5 Å². The lowest BCUT2D eigenvalue weighted by Gasteiger charge is -2.11. The van der Waals surface area contributed by atoms with Crippen molar-refractivity contribution in [3.8, 4) is 5.75 Å². The summed E-state index contributed by atoms with van der Waals surface area (Å²) in [6.45, 7) is 4.10. The van der Waals surface area contributed by atoms with E-state index in [4.69, 9.17) is 9.47 Å². The Labute approximate surface area is 90.0 Å². The number of ether oxygens (including phenoxy) is 2. The number of methoxy groups -OCH3 is 1. The van der Waals surface area contributed by atoms with Crippen molar-refractivity contribution >= 4 is 5.97 Å². The summed E-state index contributed by atoms with van der Waals surface area (Å²) in [5.41, 5.74) is 1.03. The molecule has 0 aromatic heterocycles. The van der Waals surface area contributed by atoms with Crippen molar-refractivity contribution in [2.75, 3.05) is 13.7 Å². The lowest BCUT2D eigenvalue weighted by Crippen LogP contribution is -2.15. The van der Waals surface area contributed by atoms with Gasteiger partial charge in [0.2, 0.25) is 0 Å². The number of hydrogen-bond acceptors (Lipinski definition) is 3. The van der Waals surface area contributed by atoms with Gasteiger partial charge in [0.05, 0.1) is 0 Å². The first-order valence-corrected chi connectivity index (χ1v) is 4.93. The molecule has 0 spiro atoms. The van der Waals surface area contributed by atoms with Gasteiger partial charge in [-0.25, -0.2) is 4.79 Å². The lowest BCUT2D eigenvalue weighted by molar-refractivity contribution is -0.138. The summed E-state index contributed by atoms with van der Waals surface area (Å²) in [5.74, 6) is 0.580. The largest absolute Gasteiger partial charge is 0.425 e. The Kier molecular flexibility index (Phi) is 4.31. The predicted molar refractivity (Wildman–Crippen MR) is 58.0 cm³/mol. The van der Waals surface area contributed by atoms with Crippen molar-refractivity contribution in [2.24, 2.45) is 0 Å². The molecular weight excluding hydrogens is 192 g/mol. The maximum absolute atomic E-state index is 11.2. The third-order valence-electron chi connectivity index (χ3n) is 2.03. The highest BCUT2D eigenvalue weighted by Gasteiger charge is 2.10. The molecule has 3 heteroatoms. The molecule has 0 saturated heterocycles. The van der Waals surface area contributed by atoms with Crippen LogP contribution < -0.4 is 4.74 Å². The van der Waals surface area contributed by atoms with E-state index in [0.717, 1.165) is 5.56 Å². The van der Waals surface area contributed by atoms with Gasteiger partial charge < -0.3 is 9.47 Å². The molecule has 0 amide bonds. The number of hydrogen-bond donors (Lipinski definition) is 0. The van der Waals surface area contributed by atoms with E-state index in [1.54, 1.807) is 6.07 Å². The normalized spacial score (nSPS) is 10.4. The van der Waals surface area contributed by atoms with Gasteiger partial charge in [-0.3, -0.25) is 0 Å². The van der Waals surface area contributed by atoms with Gasteiger partial charge in [-0.15, -0.1) is 0 Å². The van der Waals surface area contributed by atoms with Crippen LogP contribution in [0.4, 0.5) is 0 Å². The number of benzene rings is 1. The summed E-state index contributed by atoms with van der Waals surface area (Å²) in [6.07, 6.45) is 0. The van der Waals surface area contributed by atoms with Crippen LogP contribution in [0.3, 0.4) is 0 Å². The fraction of sp³-hybridized carbons (Fsp3) is 0.417. The minimum absolute atomic E-state index is 0.0214. The SMILES string of the molecule is COCC(=O)Oc1ccccc1C(C)C. The van der Waals surface area contributed by atoms with Crippen LogP contribution in [0.15, 0.2) is 24.3 Å². The molecule has 0 fully saturated rings. The smallest absolute Gasteiger partial charge is 0.337 e. The van der Waals surface area contributed by atoms with Gasteiger partial charge in [-0.2, -0.15) is 0 Å². The molecule has 3 nitrogen and oxygen atoms in total. The molecule has 1 aromatic carbocycles. The molecule has 0 saturated carbocycles. The van der Waals surface area contributed by atoms with E-state index < -0.39 is 0 Å². The Bertz CT molecular complexity index is 331. The Morgan fingerprint density at radius 1 is 1.33 bits per heavy atom. The van der Waals surface area contributed by atoms with Crippen LogP contribution in [-0.2, 0) is 9.53 Å². The van der Waals surface area contributed by atoms with Gasteiger partial charge in [0.15, 0.2) is 0 Å². The molecular formula is C12H16O3. The van der Waals surface area contributed by atoms with E-state index in [1.165, 1.54) is 7.11 Å². The molecule has 0 aliphatic carbocycles. The van der Waals surface area contributed by atoms with E-state index in [-0.39, 0.29) is 12.6 Å². The van der Waals surface area contributed by atoms with Crippen molar-refractivity contribution in [1.82, 2.24) is 0 Å². The van der Waals surface area contributed by atoms with Gasteiger partial charge >= 0.3 is 5.97 Å². The fourth-order valence-corrected chi connectivity index (χ4v) is 1.32. The molecule has 0 N–H and O–H groups in total. The first kappa shape index (κ1) is 11.7. The molecule has 1 rings (SSSR count). The van der Waals surface area contributed by atoms with Crippen molar-refractivity contribution < 1.29 is 14.3 Å². The van der Waals surface area contributed by atoms with Crippen LogP contribution in [0.1, 0.15) is 25.3 Å².